The predicted molar refractivity (Wildman–Crippen MR) is 62.5 cm³/mol. The van der Waals surface area contributed by atoms with Crippen molar-refractivity contribution in [3.8, 4) is 0 Å². The van der Waals surface area contributed by atoms with Gasteiger partial charge < -0.3 is 4.74 Å². The second kappa shape index (κ2) is 6.43. The minimum Gasteiger partial charge on any atom is -0.380 e. The molecular weight excluding hydrogens is 204 g/mol. The van der Waals surface area contributed by atoms with Crippen LogP contribution in [-0.2, 0) is 11.3 Å². The lowest BCUT2D eigenvalue weighted by atomic mass is 10.1. The monoisotopic (exact) mass is 224 g/mol. The third kappa shape index (κ3) is 4.57. The Bertz CT molecular complexity index is 332. The fourth-order valence-electron chi connectivity index (χ4n) is 1.25. The van der Waals surface area contributed by atoms with Crippen LogP contribution in [-0.4, -0.2) is 28.8 Å². The van der Waals surface area contributed by atoms with Gasteiger partial charge in [-0.25, -0.2) is 0 Å². The normalized spacial score (nSPS) is 11.0. The zero-order chi connectivity index (χ0) is 12.0. The first-order valence-electron chi connectivity index (χ1n) is 5.70. The molecule has 1 aromatic heterocycles. The lowest BCUT2D eigenvalue weighted by molar-refractivity contribution is 0.101. The lowest BCUT2D eigenvalue weighted by Crippen LogP contribution is -2.08. The van der Waals surface area contributed by atoms with Gasteiger partial charge in [-0.05, 0) is 19.3 Å². The number of ketones is 1. The van der Waals surface area contributed by atoms with Gasteiger partial charge in [0.15, 0.2) is 5.78 Å². The van der Waals surface area contributed by atoms with Crippen LogP contribution in [0.3, 0.4) is 0 Å². The zero-order valence-corrected chi connectivity index (χ0v) is 10.3. The van der Waals surface area contributed by atoms with E-state index < -0.39 is 0 Å². The summed E-state index contributed by atoms with van der Waals surface area (Å²) in [5, 5.41) is 4.09. The van der Waals surface area contributed by atoms with Crippen molar-refractivity contribution in [3.63, 3.8) is 0 Å². The van der Waals surface area contributed by atoms with Crippen LogP contribution in [0.15, 0.2) is 12.4 Å². The number of rotatable bonds is 7. The van der Waals surface area contributed by atoms with Gasteiger partial charge in [-0.3, -0.25) is 9.48 Å². The van der Waals surface area contributed by atoms with Crippen LogP contribution in [0.4, 0.5) is 0 Å². The molecule has 0 N–H and O–H groups in total. The summed E-state index contributed by atoms with van der Waals surface area (Å²) in [7, 11) is 0. The number of aromatic nitrogens is 2. The molecule has 4 heteroatoms. The van der Waals surface area contributed by atoms with Crippen molar-refractivity contribution < 1.29 is 9.53 Å². The van der Waals surface area contributed by atoms with Crippen molar-refractivity contribution in [2.75, 3.05) is 13.2 Å². The van der Waals surface area contributed by atoms with Crippen molar-refractivity contribution in [2.24, 2.45) is 5.92 Å². The Morgan fingerprint density at radius 1 is 1.50 bits per heavy atom. The molecule has 0 aliphatic carbocycles. The summed E-state index contributed by atoms with van der Waals surface area (Å²) < 4.78 is 7.21. The quantitative estimate of drug-likeness (QED) is 0.526. The van der Waals surface area contributed by atoms with E-state index in [-0.39, 0.29) is 5.78 Å². The molecule has 90 valence electrons. The molecular formula is C12H20N2O2. The second-order valence-electron chi connectivity index (χ2n) is 4.34. The molecule has 0 saturated carbocycles. The number of nitrogens with zero attached hydrogens (tertiary/aromatic N) is 2. The van der Waals surface area contributed by atoms with Gasteiger partial charge in [0.25, 0.3) is 0 Å². The van der Waals surface area contributed by atoms with E-state index in [0.29, 0.717) is 24.6 Å². The second-order valence-corrected chi connectivity index (χ2v) is 4.34. The summed E-state index contributed by atoms with van der Waals surface area (Å²) in [6.45, 7) is 8.03. The Labute approximate surface area is 96.6 Å². The van der Waals surface area contributed by atoms with Gasteiger partial charge in [-0.15, -0.1) is 0 Å². The number of hydrogen-bond donors (Lipinski definition) is 0. The highest BCUT2D eigenvalue weighted by Gasteiger charge is 2.02. The molecule has 0 fully saturated rings. The number of Topliss-reactive ketones (excluding diaryl/α,β-unsaturated/α-hetero) is 1. The molecule has 0 amide bonds. The molecule has 1 aromatic rings. The highest BCUT2D eigenvalue weighted by Crippen LogP contribution is 2.00. The number of hydrogen-bond acceptors (Lipinski definition) is 3. The average molecular weight is 224 g/mol. The van der Waals surface area contributed by atoms with Gasteiger partial charge >= 0.3 is 0 Å². The summed E-state index contributed by atoms with van der Waals surface area (Å²) in [6, 6.07) is 0. The molecule has 1 rings (SSSR count). The predicted octanol–water partition coefficient (Wildman–Crippen LogP) is 2.15. The first kappa shape index (κ1) is 12.9. The number of carbonyl (C=O) groups is 1. The van der Waals surface area contributed by atoms with E-state index in [2.05, 4.69) is 18.9 Å². The Balaban J connectivity index is 2.19. The minimum absolute atomic E-state index is 0.0481. The van der Waals surface area contributed by atoms with Gasteiger partial charge in [-0.1, -0.05) is 13.8 Å². The summed E-state index contributed by atoms with van der Waals surface area (Å²) in [6.07, 6.45) is 4.43. The van der Waals surface area contributed by atoms with Crippen molar-refractivity contribution in [3.05, 3.63) is 18.0 Å². The van der Waals surface area contributed by atoms with Gasteiger partial charge in [-0.2, -0.15) is 5.10 Å². The standard InChI is InChI=1S/C12H20N2O2/c1-10(2)4-6-16-7-5-14-9-12(8-13-14)11(3)15/h8-10H,4-7H2,1-3H3. The van der Waals surface area contributed by atoms with E-state index in [1.165, 1.54) is 0 Å². The van der Waals surface area contributed by atoms with Gasteiger partial charge in [0.2, 0.25) is 0 Å². The molecule has 1 heterocycles. The van der Waals surface area contributed by atoms with Gasteiger partial charge in [0.1, 0.15) is 0 Å². The smallest absolute Gasteiger partial charge is 0.162 e. The third-order valence-corrected chi connectivity index (χ3v) is 2.34. The minimum atomic E-state index is 0.0481. The van der Waals surface area contributed by atoms with Crippen LogP contribution < -0.4 is 0 Å². The lowest BCUT2D eigenvalue weighted by Gasteiger charge is -2.06. The maximum absolute atomic E-state index is 11.0. The van der Waals surface area contributed by atoms with Gasteiger partial charge in [0.05, 0.1) is 24.9 Å². The molecule has 0 bridgehead atoms. The average Bonchev–Trinajstić information content (AvgIpc) is 2.65. The molecule has 16 heavy (non-hydrogen) atoms. The molecule has 0 aliphatic heterocycles. The molecule has 0 unspecified atom stereocenters. The highest BCUT2D eigenvalue weighted by molar-refractivity contribution is 5.93. The van der Waals surface area contributed by atoms with E-state index in [1.54, 1.807) is 24.0 Å². The van der Waals surface area contributed by atoms with Crippen LogP contribution in [0.5, 0.6) is 0 Å². The van der Waals surface area contributed by atoms with E-state index in [9.17, 15) is 4.79 Å². The fraction of sp³-hybridized carbons (Fsp3) is 0.667. The first-order chi connectivity index (χ1) is 7.59. The molecule has 0 aliphatic rings. The molecule has 0 aromatic carbocycles. The Morgan fingerprint density at radius 3 is 2.81 bits per heavy atom. The third-order valence-electron chi connectivity index (χ3n) is 2.34. The van der Waals surface area contributed by atoms with Gasteiger partial charge in [0, 0.05) is 12.8 Å². The molecule has 0 radical (unpaired) electrons. The topological polar surface area (TPSA) is 44.1 Å². The maximum Gasteiger partial charge on any atom is 0.162 e. The summed E-state index contributed by atoms with van der Waals surface area (Å²) >= 11 is 0. The number of ether oxygens (including phenoxy) is 1. The Morgan fingerprint density at radius 2 is 2.25 bits per heavy atom. The van der Waals surface area contributed by atoms with Crippen molar-refractivity contribution in [1.29, 1.82) is 0 Å². The van der Waals surface area contributed by atoms with Crippen LogP contribution >= 0.6 is 0 Å². The molecule has 0 spiro atoms. The van der Waals surface area contributed by atoms with Crippen molar-refractivity contribution in [1.82, 2.24) is 9.78 Å². The van der Waals surface area contributed by atoms with E-state index in [1.807, 2.05) is 0 Å². The maximum atomic E-state index is 11.0. The highest BCUT2D eigenvalue weighted by atomic mass is 16.5. The Hall–Kier alpha value is -1.16. The Kier molecular flexibility index (Phi) is 5.19. The number of carbonyl (C=O) groups excluding carboxylic acids is 1. The molecule has 0 atom stereocenters. The SMILES string of the molecule is CC(=O)c1cnn(CCOCCC(C)C)c1. The van der Waals surface area contributed by atoms with Crippen LogP contribution in [0.2, 0.25) is 0 Å². The van der Waals surface area contributed by atoms with E-state index >= 15 is 0 Å². The van der Waals surface area contributed by atoms with E-state index in [4.69, 9.17) is 4.74 Å². The van der Waals surface area contributed by atoms with Crippen molar-refractivity contribution in [2.45, 2.75) is 33.7 Å². The molecule has 4 nitrogen and oxygen atoms in total. The first-order valence-corrected chi connectivity index (χ1v) is 5.70. The van der Waals surface area contributed by atoms with Crippen LogP contribution in [0.25, 0.3) is 0 Å². The van der Waals surface area contributed by atoms with Crippen molar-refractivity contribution >= 4 is 5.78 Å². The summed E-state index contributed by atoms with van der Waals surface area (Å²) in [5.41, 5.74) is 0.655. The fourth-order valence-corrected chi connectivity index (χ4v) is 1.25. The zero-order valence-electron chi connectivity index (χ0n) is 10.3. The van der Waals surface area contributed by atoms with Crippen LogP contribution in [0.1, 0.15) is 37.6 Å². The molecule has 0 saturated heterocycles. The van der Waals surface area contributed by atoms with E-state index in [0.717, 1.165) is 13.0 Å². The van der Waals surface area contributed by atoms with Crippen LogP contribution in [0, 0.1) is 5.92 Å². The summed E-state index contributed by atoms with van der Waals surface area (Å²) in [5.74, 6) is 0.723. The largest absolute Gasteiger partial charge is 0.380 e. The summed E-state index contributed by atoms with van der Waals surface area (Å²) in [4.78, 5) is 11.0.